The zero-order valence-electron chi connectivity index (χ0n) is 11.8. The summed E-state index contributed by atoms with van der Waals surface area (Å²) >= 11 is 0. The standard InChI is InChI=1S/C16H20N2O3/c19-13(10-21-9-11-4-5-11)8-18-16(20)14-3-1-2-12-6-7-17-15(12)14/h1-3,6-7,11,13,17,19H,4-5,8-10H2,(H,18,20). The number of aromatic amines is 1. The molecule has 1 heterocycles. The van der Waals surface area contributed by atoms with E-state index in [0.29, 0.717) is 18.1 Å². The van der Waals surface area contributed by atoms with Gasteiger partial charge >= 0.3 is 0 Å². The highest BCUT2D eigenvalue weighted by molar-refractivity contribution is 6.05. The zero-order valence-corrected chi connectivity index (χ0v) is 11.8. The van der Waals surface area contributed by atoms with E-state index in [-0.39, 0.29) is 19.1 Å². The number of rotatable bonds is 7. The van der Waals surface area contributed by atoms with E-state index in [2.05, 4.69) is 10.3 Å². The number of aliphatic hydroxyl groups excluding tert-OH is 1. The monoisotopic (exact) mass is 288 g/mol. The number of benzene rings is 1. The van der Waals surface area contributed by atoms with Crippen LogP contribution in [0.3, 0.4) is 0 Å². The molecule has 1 aliphatic carbocycles. The fourth-order valence-corrected chi connectivity index (χ4v) is 2.29. The molecule has 0 saturated heterocycles. The summed E-state index contributed by atoms with van der Waals surface area (Å²) in [5.74, 6) is 0.488. The van der Waals surface area contributed by atoms with Crippen LogP contribution in [0.5, 0.6) is 0 Å². The van der Waals surface area contributed by atoms with Crippen LogP contribution in [0, 0.1) is 5.92 Å². The van der Waals surface area contributed by atoms with Crippen molar-refractivity contribution in [2.75, 3.05) is 19.8 Å². The highest BCUT2D eigenvalue weighted by atomic mass is 16.5. The SMILES string of the molecule is O=C(NCC(O)COCC1CC1)c1cccc2cc[nH]c12. The number of hydrogen-bond donors (Lipinski definition) is 3. The molecule has 3 N–H and O–H groups in total. The van der Waals surface area contributed by atoms with Crippen molar-refractivity contribution >= 4 is 16.8 Å². The van der Waals surface area contributed by atoms with Crippen molar-refractivity contribution in [1.29, 1.82) is 0 Å². The average molecular weight is 288 g/mol. The number of amides is 1. The minimum Gasteiger partial charge on any atom is -0.389 e. The first-order chi connectivity index (χ1) is 10.2. The van der Waals surface area contributed by atoms with Gasteiger partial charge in [0.05, 0.1) is 23.8 Å². The summed E-state index contributed by atoms with van der Waals surface area (Å²) in [7, 11) is 0. The van der Waals surface area contributed by atoms with Crippen molar-refractivity contribution in [2.45, 2.75) is 18.9 Å². The second-order valence-corrected chi connectivity index (χ2v) is 5.59. The highest BCUT2D eigenvalue weighted by Crippen LogP contribution is 2.28. The Bertz CT molecular complexity index is 619. The lowest BCUT2D eigenvalue weighted by Gasteiger charge is -2.12. The van der Waals surface area contributed by atoms with E-state index in [1.165, 1.54) is 12.8 Å². The van der Waals surface area contributed by atoms with Crippen molar-refractivity contribution in [3.05, 3.63) is 36.0 Å². The third-order valence-electron chi connectivity index (χ3n) is 3.69. The third kappa shape index (κ3) is 3.62. The Kier molecular flexibility index (Phi) is 4.22. The molecule has 1 amide bonds. The lowest BCUT2D eigenvalue weighted by atomic mass is 10.1. The number of para-hydroxylation sites is 1. The van der Waals surface area contributed by atoms with Gasteiger partial charge in [0, 0.05) is 24.7 Å². The molecule has 3 rings (SSSR count). The van der Waals surface area contributed by atoms with Gasteiger partial charge < -0.3 is 20.1 Å². The number of H-pyrrole nitrogens is 1. The third-order valence-corrected chi connectivity index (χ3v) is 3.69. The van der Waals surface area contributed by atoms with Gasteiger partial charge in [0.15, 0.2) is 0 Å². The van der Waals surface area contributed by atoms with Crippen molar-refractivity contribution in [2.24, 2.45) is 5.92 Å². The number of carbonyl (C=O) groups is 1. The van der Waals surface area contributed by atoms with Gasteiger partial charge in [-0.15, -0.1) is 0 Å². The minimum absolute atomic E-state index is 0.190. The molecule has 1 aromatic heterocycles. The van der Waals surface area contributed by atoms with Crippen LogP contribution in [0.1, 0.15) is 23.2 Å². The fraction of sp³-hybridized carbons (Fsp3) is 0.438. The summed E-state index contributed by atoms with van der Waals surface area (Å²) in [6, 6.07) is 7.49. The first-order valence-electron chi connectivity index (χ1n) is 7.34. The lowest BCUT2D eigenvalue weighted by molar-refractivity contribution is 0.0321. The minimum atomic E-state index is -0.671. The van der Waals surface area contributed by atoms with E-state index < -0.39 is 6.10 Å². The molecule has 1 saturated carbocycles. The van der Waals surface area contributed by atoms with Gasteiger partial charge in [-0.1, -0.05) is 12.1 Å². The summed E-state index contributed by atoms with van der Waals surface area (Å²) in [6.45, 7) is 1.18. The van der Waals surface area contributed by atoms with Crippen LogP contribution in [0.4, 0.5) is 0 Å². The summed E-state index contributed by atoms with van der Waals surface area (Å²) in [6.07, 6.45) is 3.60. The molecule has 1 aromatic carbocycles. The Morgan fingerprint density at radius 3 is 3.10 bits per heavy atom. The Morgan fingerprint density at radius 1 is 1.43 bits per heavy atom. The molecule has 112 valence electrons. The molecule has 0 bridgehead atoms. The molecule has 1 unspecified atom stereocenters. The first kappa shape index (κ1) is 14.1. The number of hydrogen-bond acceptors (Lipinski definition) is 3. The van der Waals surface area contributed by atoms with Gasteiger partial charge in [-0.3, -0.25) is 4.79 Å². The number of ether oxygens (including phenoxy) is 1. The van der Waals surface area contributed by atoms with Crippen LogP contribution in [0.25, 0.3) is 10.9 Å². The lowest BCUT2D eigenvalue weighted by Crippen LogP contribution is -2.34. The van der Waals surface area contributed by atoms with Crippen LogP contribution < -0.4 is 5.32 Å². The highest BCUT2D eigenvalue weighted by Gasteiger charge is 2.21. The smallest absolute Gasteiger partial charge is 0.253 e. The van der Waals surface area contributed by atoms with Crippen molar-refractivity contribution in [3.63, 3.8) is 0 Å². The fourth-order valence-electron chi connectivity index (χ4n) is 2.29. The predicted octanol–water partition coefficient (Wildman–Crippen LogP) is 1.69. The topological polar surface area (TPSA) is 74.3 Å². The Labute approximate surface area is 123 Å². The molecular weight excluding hydrogens is 268 g/mol. The van der Waals surface area contributed by atoms with Crippen molar-refractivity contribution in [1.82, 2.24) is 10.3 Å². The number of nitrogens with one attached hydrogen (secondary N) is 2. The number of carbonyl (C=O) groups excluding carboxylic acids is 1. The normalized spacial score (nSPS) is 16.0. The molecule has 0 spiro atoms. The molecule has 1 atom stereocenters. The molecule has 2 aromatic rings. The van der Waals surface area contributed by atoms with E-state index in [9.17, 15) is 9.90 Å². The summed E-state index contributed by atoms with van der Waals surface area (Å²) in [5.41, 5.74) is 1.40. The summed E-state index contributed by atoms with van der Waals surface area (Å²) < 4.78 is 5.41. The number of aromatic nitrogens is 1. The van der Waals surface area contributed by atoms with Gasteiger partial charge in [0.2, 0.25) is 0 Å². The number of aliphatic hydroxyl groups is 1. The molecule has 0 radical (unpaired) electrons. The predicted molar refractivity (Wildman–Crippen MR) is 80.2 cm³/mol. The van der Waals surface area contributed by atoms with Gasteiger partial charge in [-0.2, -0.15) is 0 Å². The van der Waals surface area contributed by atoms with Crippen molar-refractivity contribution < 1.29 is 14.6 Å². The Balaban J connectivity index is 1.50. The molecule has 1 fully saturated rings. The summed E-state index contributed by atoms with van der Waals surface area (Å²) in [4.78, 5) is 15.2. The van der Waals surface area contributed by atoms with Crippen LogP contribution in [0.15, 0.2) is 30.5 Å². The largest absolute Gasteiger partial charge is 0.389 e. The Hall–Kier alpha value is -1.85. The van der Waals surface area contributed by atoms with Gasteiger partial charge in [-0.25, -0.2) is 0 Å². The first-order valence-corrected chi connectivity index (χ1v) is 7.34. The summed E-state index contributed by atoms with van der Waals surface area (Å²) in [5, 5.41) is 13.5. The quantitative estimate of drug-likeness (QED) is 0.725. The van der Waals surface area contributed by atoms with Crippen LogP contribution in [0.2, 0.25) is 0 Å². The van der Waals surface area contributed by atoms with Gasteiger partial charge in [0.1, 0.15) is 0 Å². The second kappa shape index (κ2) is 6.28. The molecule has 0 aliphatic heterocycles. The molecule has 5 heteroatoms. The molecule has 21 heavy (non-hydrogen) atoms. The van der Waals surface area contributed by atoms with Crippen LogP contribution in [-0.4, -0.2) is 41.9 Å². The van der Waals surface area contributed by atoms with E-state index in [0.717, 1.165) is 10.9 Å². The van der Waals surface area contributed by atoms with E-state index in [1.54, 1.807) is 6.07 Å². The molecule has 5 nitrogen and oxygen atoms in total. The average Bonchev–Trinajstić information content (AvgIpc) is 3.18. The van der Waals surface area contributed by atoms with E-state index >= 15 is 0 Å². The molecular formula is C16H20N2O3. The maximum Gasteiger partial charge on any atom is 0.253 e. The zero-order chi connectivity index (χ0) is 14.7. The van der Waals surface area contributed by atoms with Crippen LogP contribution >= 0.6 is 0 Å². The maximum atomic E-state index is 12.2. The Morgan fingerprint density at radius 2 is 2.29 bits per heavy atom. The maximum absolute atomic E-state index is 12.2. The van der Waals surface area contributed by atoms with Gasteiger partial charge in [0.25, 0.3) is 5.91 Å². The van der Waals surface area contributed by atoms with Crippen LogP contribution in [-0.2, 0) is 4.74 Å². The van der Waals surface area contributed by atoms with E-state index in [1.807, 2.05) is 24.4 Å². The number of fused-ring (bicyclic) bond motifs is 1. The van der Waals surface area contributed by atoms with Crippen molar-refractivity contribution in [3.8, 4) is 0 Å². The second-order valence-electron chi connectivity index (χ2n) is 5.59. The van der Waals surface area contributed by atoms with Gasteiger partial charge in [-0.05, 0) is 30.9 Å². The molecule has 1 aliphatic rings. The van der Waals surface area contributed by atoms with E-state index in [4.69, 9.17) is 4.74 Å².